The van der Waals surface area contributed by atoms with Crippen LogP contribution in [0, 0.1) is 5.92 Å². The van der Waals surface area contributed by atoms with Gasteiger partial charge in [0, 0.05) is 19.6 Å². The molecule has 2 nitrogen and oxygen atoms in total. The first-order valence-corrected chi connectivity index (χ1v) is 4.56. The molecule has 0 spiro atoms. The smallest absolute Gasteiger partial charge is 0.155 e. The Morgan fingerprint density at radius 3 is 2.75 bits per heavy atom. The van der Waals surface area contributed by atoms with Gasteiger partial charge < -0.3 is 4.74 Å². The molecule has 0 bridgehead atoms. The third kappa shape index (κ3) is 3.18. The van der Waals surface area contributed by atoms with Gasteiger partial charge in [-0.1, -0.05) is 6.08 Å². The van der Waals surface area contributed by atoms with E-state index in [4.69, 9.17) is 4.74 Å². The molecule has 68 valence electrons. The minimum atomic E-state index is 0.254. The van der Waals surface area contributed by atoms with Crippen LogP contribution in [0.5, 0.6) is 0 Å². The summed E-state index contributed by atoms with van der Waals surface area (Å²) in [4.78, 5) is 11.2. The highest BCUT2D eigenvalue weighted by molar-refractivity contribution is 5.89. The third-order valence-electron chi connectivity index (χ3n) is 2.18. The predicted molar refractivity (Wildman–Crippen MR) is 48.0 cm³/mol. The van der Waals surface area contributed by atoms with Crippen LogP contribution < -0.4 is 0 Å². The maximum absolute atomic E-state index is 11.2. The lowest BCUT2D eigenvalue weighted by molar-refractivity contribution is -0.116. The van der Waals surface area contributed by atoms with Crippen molar-refractivity contribution in [2.75, 3.05) is 13.2 Å². The summed E-state index contributed by atoms with van der Waals surface area (Å²) in [7, 11) is 0. The molecule has 0 saturated carbocycles. The highest BCUT2D eigenvalue weighted by atomic mass is 16.5. The number of rotatable bonds is 3. The Balaban J connectivity index is 2.24. The molecule has 0 radical (unpaired) electrons. The van der Waals surface area contributed by atoms with E-state index in [-0.39, 0.29) is 5.78 Å². The molecule has 2 heteroatoms. The van der Waals surface area contributed by atoms with Crippen molar-refractivity contribution in [2.45, 2.75) is 26.2 Å². The van der Waals surface area contributed by atoms with Gasteiger partial charge in [0.2, 0.25) is 0 Å². The lowest BCUT2D eigenvalue weighted by Gasteiger charge is -2.20. The van der Waals surface area contributed by atoms with Gasteiger partial charge in [-0.05, 0) is 31.8 Å². The van der Waals surface area contributed by atoms with Crippen LogP contribution in [0.15, 0.2) is 12.2 Å². The molecule has 12 heavy (non-hydrogen) atoms. The maximum atomic E-state index is 11.2. The SMILES string of the molecule is C/C=C/C(=O)CC1CCOCC1. The van der Waals surface area contributed by atoms with Crippen LogP contribution in [-0.4, -0.2) is 19.0 Å². The zero-order valence-corrected chi connectivity index (χ0v) is 7.58. The standard InChI is InChI=1S/C10H16O2/c1-2-3-10(11)8-9-4-6-12-7-5-9/h2-3,9H,4-8H2,1H3/b3-2+. The van der Waals surface area contributed by atoms with E-state index in [9.17, 15) is 4.79 Å². The fourth-order valence-electron chi connectivity index (χ4n) is 1.49. The molecular weight excluding hydrogens is 152 g/mol. The van der Waals surface area contributed by atoms with E-state index >= 15 is 0 Å². The Hall–Kier alpha value is -0.630. The molecule has 1 aliphatic rings. The Morgan fingerprint density at radius 1 is 1.50 bits per heavy atom. The summed E-state index contributed by atoms with van der Waals surface area (Å²) >= 11 is 0. The van der Waals surface area contributed by atoms with Gasteiger partial charge >= 0.3 is 0 Å². The number of hydrogen-bond donors (Lipinski definition) is 0. The van der Waals surface area contributed by atoms with Crippen molar-refractivity contribution < 1.29 is 9.53 Å². The van der Waals surface area contributed by atoms with Gasteiger partial charge in [0.1, 0.15) is 0 Å². The van der Waals surface area contributed by atoms with Gasteiger partial charge in [0.15, 0.2) is 5.78 Å². The number of carbonyl (C=O) groups is 1. The molecular formula is C10H16O2. The largest absolute Gasteiger partial charge is 0.381 e. The minimum Gasteiger partial charge on any atom is -0.381 e. The summed E-state index contributed by atoms with van der Waals surface area (Å²) in [5.41, 5.74) is 0. The minimum absolute atomic E-state index is 0.254. The van der Waals surface area contributed by atoms with Crippen LogP contribution in [0.3, 0.4) is 0 Å². The van der Waals surface area contributed by atoms with Crippen LogP contribution in [0.4, 0.5) is 0 Å². The van der Waals surface area contributed by atoms with Gasteiger partial charge in [0.25, 0.3) is 0 Å². The summed E-state index contributed by atoms with van der Waals surface area (Å²) in [6, 6.07) is 0. The van der Waals surface area contributed by atoms with Crippen molar-refractivity contribution in [3.05, 3.63) is 12.2 Å². The van der Waals surface area contributed by atoms with E-state index < -0.39 is 0 Å². The lowest BCUT2D eigenvalue weighted by atomic mass is 9.94. The number of ether oxygens (including phenoxy) is 1. The summed E-state index contributed by atoms with van der Waals surface area (Å²) in [5.74, 6) is 0.812. The first-order valence-electron chi connectivity index (χ1n) is 4.56. The normalized spacial score (nSPS) is 20.1. The zero-order valence-electron chi connectivity index (χ0n) is 7.58. The molecule has 1 saturated heterocycles. The van der Waals surface area contributed by atoms with E-state index in [1.54, 1.807) is 6.08 Å². The molecule has 1 rings (SSSR count). The second-order valence-corrected chi connectivity index (χ2v) is 3.23. The lowest BCUT2D eigenvalue weighted by Crippen LogP contribution is -2.17. The van der Waals surface area contributed by atoms with Crippen LogP contribution >= 0.6 is 0 Å². The molecule has 1 fully saturated rings. The average molecular weight is 168 g/mol. The van der Waals surface area contributed by atoms with Crippen molar-refractivity contribution in [3.8, 4) is 0 Å². The zero-order chi connectivity index (χ0) is 8.81. The van der Waals surface area contributed by atoms with Gasteiger partial charge in [-0.15, -0.1) is 0 Å². The topological polar surface area (TPSA) is 26.3 Å². The van der Waals surface area contributed by atoms with Crippen molar-refractivity contribution in [2.24, 2.45) is 5.92 Å². The molecule has 1 aliphatic heterocycles. The second kappa shape index (κ2) is 5.09. The third-order valence-corrected chi connectivity index (χ3v) is 2.18. The first-order chi connectivity index (χ1) is 5.83. The van der Waals surface area contributed by atoms with Gasteiger partial charge in [0.05, 0.1) is 0 Å². The van der Waals surface area contributed by atoms with E-state index in [0.717, 1.165) is 26.1 Å². The quantitative estimate of drug-likeness (QED) is 0.602. The molecule has 0 aromatic heterocycles. The fraction of sp³-hybridized carbons (Fsp3) is 0.700. The fourth-order valence-corrected chi connectivity index (χ4v) is 1.49. The van der Waals surface area contributed by atoms with Crippen LogP contribution in [0.25, 0.3) is 0 Å². The van der Waals surface area contributed by atoms with Gasteiger partial charge in [-0.2, -0.15) is 0 Å². The number of hydrogen-bond acceptors (Lipinski definition) is 2. The van der Waals surface area contributed by atoms with E-state index in [2.05, 4.69) is 0 Å². The Bertz CT molecular complexity index is 167. The molecule has 0 atom stereocenters. The molecule has 0 N–H and O–H groups in total. The van der Waals surface area contributed by atoms with Crippen molar-refractivity contribution in [3.63, 3.8) is 0 Å². The molecule has 0 unspecified atom stereocenters. The van der Waals surface area contributed by atoms with Gasteiger partial charge in [-0.25, -0.2) is 0 Å². The predicted octanol–water partition coefficient (Wildman–Crippen LogP) is 1.95. The van der Waals surface area contributed by atoms with Crippen LogP contribution in [0.2, 0.25) is 0 Å². The van der Waals surface area contributed by atoms with E-state index in [1.807, 2.05) is 13.0 Å². The maximum Gasteiger partial charge on any atom is 0.155 e. The van der Waals surface area contributed by atoms with Gasteiger partial charge in [-0.3, -0.25) is 4.79 Å². The molecule has 0 aromatic carbocycles. The Kier molecular flexibility index (Phi) is 4.01. The Labute approximate surface area is 73.6 Å². The first kappa shape index (κ1) is 9.46. The van der Waals surface area contributed by atoms with Crippen LogP contribution in [-0.2, 0) is 9.53 Å². The summed E-state index contributed by atoms with van der Waals surface area (Å²) in [6.07, 6.45) is 6.26. The summed E-state index contributed by atoms with van der Waals surface area (Å²) in [5, 5.41) is 0. The second-order valence-electron chi connectivity index (χ2n) is 3.23. The molecule has 0 amide bonds. The van der Waals surface area contributed by atoms with Crippen molar-refractivity contribution in [1.82, 2.24) is 0 Å². The Morgan fingerprint density at radius 2 is 2.17 bits per heavy atom. The summed E-state index contributed by atoms with van der Waals surface area (Å²) < 4.78 is 5.21. The van der Waals surface area contributed by atoms with E-state index in [0.29, 0.717) is 12.3 Å². The number of allylic oxidation sites excluding steroid dienone is 2. The molecule has 0 aromatic rings. The summed E-state index contributed by atoms with van der Waals surface area (Å²) in [6.45, 7) is 3.53. The molecule has 0 aliphatic carbocycles. The number of ketones is 1. The van der Waals surface area contributed by atoms with Crippen molar-refractivity contribution >= 4 is 5.78 Å². The van der Waals surface area contributed by atoms with E-state index in [1.165, 1.54) is 0 Å². The average Bonchev–Trinajstić information content (AvgIpc) is 2.06. The number of carbonyl (C=O) groups excluding carboxylic acids is 1. The van der Waals surface area contributed by atoms with Crippen molar-refractivity contribution in [1.29, 1.82) is 0 Å². The van der Waals surface area contributed by atoms with Crippen LogP contribution in [0.1, 0.15) is 26.2 Å². The highest BCUT2D eigenvalue weighted by Gasteiger charge is 2.15. The highest BCUT2D eigenvalue weighted by Crippen LogP contribution is 2.18. The molecule has 1 heterocycles. The monoisotopic (exact) mass is 168 g/mol.